The minimum Gasteiger partial charge on any atom is -0.466 e. The van der Waals surface area contributed by atoms with Crippen LogP contribution < -0.4 is 0 Å². The second-order valence-corrected chi connectivity index (χ2v) is 4.41. The lowest BCUT2D eigenvalue weighted by atomic mass is 10.0. The van der Waals surface area contributed by atoms with Crippen LogP contribution in [0.3, 0.4) is 0 Å². The normalized spacial score (nSPS) is 40.9. The fourth-order valence-electron chi connectivity index (χ4n) is 2.60. The molecule has 0 heterocycles. The van der Waals surface area contributed by atoms with E-state index in [1.165, 1.54) is 0 Å². The van der Waals surface area contributed by atoms with Crippen molar-refractivity contribution in [3.63, 3.8) is 0 Å². The zero-order chi connectivity index (χ0) is 10.8. The Morgan fingerprint density at radius 2 is 2.27 bits per heavy atom. The molecule has 0 aromatic carbocycles. The molecule has 0 aromatic rings. The third kappa shape index (κ3) is 2.23. The molecule has 84 valence electrons. The Labute approximate surface area is 90.1 Å². The smallest absolute Gasteiger partial charge is 0.309 e. The van der Waals surface area contributed by atoms with Gasteiger partial charge in [0, 0.05) is 0 Å². The fourth-order valence-corrected chi connectivity index (χ4v) is 2.60. The molecule has 4 atom stereocenters. The van der Waals surface area contributed by atoms with E-state index in [0.717, 1.165) is 19.3 Å². The Morgan fingerprint density at radius 1 is 1.47 bits per heavy atom. The van der Waals surface area contributed by atoms with Gasteiger partial charge in [-0.3, -0.25) is 4.79 Å². The maximum absolute atomic E-state index is 11.6. The largest absolute Gasteiger partial charge is 0.466 e. The van der Waals surface area contributed by atoms with Gasteiger partial charge in [-0.1, -0.05) is 12.2 Å². The van der Waals surface area contributed by atoms with Crippen molar-refractivity contribution in [1.29, 1.82) is 0 Å². The van der Waals surface area contributed by atoms with E-state index < -0.39 is 0 Å². The Hall–Kier alpha value is -0.830. The van der Waals surface area contributed by atoms with Gasteiger partial charge in [0.15, 0.2) is 0 Å². The number of fused-ring (bicyclic) bond motifs is 1. The Balaban J connectivity index is 1.93. The summed E-state index contributed by atoms with van der Waals surface area (Å²) in [6.07, 6.45) is 6.14. The van der Waals surface area contributed by atoms with Crippen molar-refractivity contribution in [3.05, 3.63) is 12.2 Å². The van der Waals surface area contributed by atoms with Crippen molar-refractivity contribution >= 4 is 5.97 Å². The Morgan fingerprint density at radius 3 is 3.00 bits per heavy atom. The van der Waals surface area contributed by atoms with Crippen LogP contribution in [-0.2, 0) is 9.53 Å². The molecule has 1 N–H and O–H groups in total. The molecule has 0 unspecified atom stereocenters. The first-order valence-electron chi connectivity index (χ1n) is 5.75. The van der Waals surface area contributed by atoms with Crippen LogP contribution in [0.2, 0.25) is 0 Å². The highest BCUT2D eigenvalue weighted by Crippen LogP contribution is 2.53. The minimum absolute atomic E-state index is 0.0442. The van der Waals surface area contributed by atoms with Crippen LogP contribution >= 0.6 is 0 Å². The molecule has 3 nitrogen and oxygen atoms in total. The summed E-state index contributed by atoms with van der Waals surface area (Å²) < 4.78 is 5.04. The number of carbonyl (C=O) groups is 1. The quantitative estimate of drug-likeness (QED) is 0.555. The summed E-state index contributed by atoms with van der Waals surface area (Å²) in [5.41, 5.74) is 0. The standard InChI is InChI=1S/C12H18O3/c1-2-15-12(14)11-9-5-3-4-8(13)6-7-10(9)11/h3-4,8-11,13H,2,5-7H2,1H3/b4-3-/t8-,9-,10+,11+/m1/s1. The van der Waals surface area contributed by atoms with E-state index in [0.29, 0.717) is 18.4 Å². The zero-order valence-electron chi connectivity index (χ0n) is 9.06. The van der Waals surface area contributed by atoms with E-state index in [1.807, 2.05) is 19.1 Å². The highest BCUT2D eigenvalue weighted by Gasteiger charge is 2.54. The van der Waals surface area contributed by atoms with Gasteiger partial charge in [-0.15, -0.1) is 0 Å². The molecule has 2 aliphatic carbocycles. The average molecular weight is 210 g/mol. The number of ether oxygens (including phenoxy) is 1. The molecule has 0 saturated heterocycles. The third-order valence-corrected chi connectivity index (χ3v) is 3.45. The van der Waals surface area contributed by atoms with Gasteiger partial charge in [0.25, 0.3) is 0 Å². The number of hydrogen-bond acceptors (Lipinski definition) is 3. The van der Waals surface area contributed by atoms with E-state index in [4.69, 9.17) is 4.74 Å². The van der Waals surface area contributed by atoms with Crippen LogP contribution in [0, 0.1) is 17.8 Å². The van der Waals surface area contributed by atoms with Crippen molar-refractivity contribution in [3.8, 4) is 0 Å². The summed E-state index contributed by atoms with van der Waals surface area (Å²) in [6.45, 7) is 2.30. The van der Waals surface area contributed by atoms with Crippen LogP contribution in [0.4, 0.5) is 0 Å². The van der Waals surface area contributed by atoms with Gasteiger partial charge in [0.1, 0.15) is 0 Å². The second kappa shape index (κ2) is 4.35. The van der Waals surface area contributed by atoms with Crippen LogP contribution in [0.5, 0.6) is 0 Å². The summed E-state index contributed by atoms with van der Waals surface area (Å²) in [4.78, 5) is 11.6. The van der Waals surface area contributed by atoms with Crippen LogP contribution in [0.1, 0.15) is 26.2 Å². The van der Waals surface area contributed by atoms with E-state index in [2.05, 4.69) is 0 Å². The highest BCUT2D eigenvalue weighted by atomic mass is 16.5. The van der Waals surface area contributed by atoms with E-state index in [1.54, 1.807) is 0 Å². The molecular weight excluding hydrogens is 192 g/mol. The predicted octanol–water partition coefficient (Wildman–Crippen LogP) is 1.51. The van der Waals surface area contributed by atoms with Crippen molar-refractivity contribution < 1.29 is 14.6 Å². The number of allylic oxidation sites excluding steroid dienone is 1. The molecular formula is C12H18O3. The summed E-state index contributed by atoms with van der Waals surface area (Å²) >= 11 is 0. The molecule has 1 saturated carbocycles. The SMILES string of the molecule is CCOC(=O)[C@H]1[C@@H]2C/C=C\[C@@H](O)CC[C@@H]21. The molecule has 2 aliphatic rings. The summed E-state index contributed by atoms with van der Waals surface area (Å²) in [5.74, 6) is 0.966. The molecule has 0 radical (unpaired) electrons. The first kappa shape index (κ1) is 10.7. The maximum Gasteiger partial charge on any atom is 0.309 e. The molecule has 0 aliphatic heterocycles. The number of aliphatic hydroxyl groups excluding tert-OH is 1. The molecule has 0 spiro atoms. The van der Waals surface area contributed by atoms with Crippen molar-refractivity contribution in [1.82, 2.24) is 0 Å². The fraction of sp³-hybridized carbons (Fsp3) is 0.750. The lowest BCUT2D eigenvalue weighted by Gasteiger charge is -2.07. The van der Waals surface area contributed by atoms with Crippen molar-refractivity contribution in [2.45, 2.75) is 32.3 Å². The second-order valence-electron chi connectivity index (χ2n) is 4.41. The first-order valence-corrected chi connectivity index (χ1v) is 5.75. The number of carbonyl (C=O) groups excluding carboxylic acids is 1. The van der Waals surface area contributed by atoms with E-state index in [-0.39, 0.29) is 18.0 Å². The summed E-state index contributed by atoms with van der Waals surface area (Å²) in [6, 6.07) is 0. The molecule has 1 fully saturated rings. The monoisotopic (exact) mass is 210 g/mol. The van der Waals surface area contributed by atoms with Gasteiger partial charge >= 0.3 is 5.97 Å². The zero-order valence-corrected chi connectivity index (χ0v) is 9.06. The van der Waals surface area contributed by atoms with Gasteiger partial charge in [0.05, 0.1) is 18.6 Å². The average Bonchev–Trinajstić information content (AvgIpc) is 2.85. The van der Waals surface area contributed by atoms with Crippen molar-refractivity contribution in [2.75, 3.05) is 6.61 Å². The van der Waals surface area contributed by atoms with E-state index in [9.17, 15) is 9.90 Å². The number of aliphatic hydroxyl groups is 1. The van der Waals surface area contributed by atoms with Gasteiger partial charge < -0.3 is 9.84 Å². The number of hydrogen-bond donors (Lipinski definition) is 1. The van der Waals surface area contributed by atoms with Gasteiger partial charge in [-0.05, 0) is 38.0 Å². The molecule has 0 aromatic heterocycles. The minimum atomic E-state index is -0.325. The van der Waals surface area contributed by atoms with Gasteiger partial charge in [-0.2, -0.15) is 0 Å². The van der Waals surface area contributed by atoms with Crippen molar-refractivity contribution in [2.24, 2.45) is 17.8 Å². The first-order chi connectivity index (χ1) is 7.24. The summed E-state index contributed by atoms with van der Waals surface area (Å²) in [5, 5.41) is 9.48. The highest BCUT2D eigenvalue weighted by molar-refractivity contribution is 5.76. The lowest BCUT2D eigenvalue weighted by Crippen LogP contribution is -2.09. The van der Waals surface area contributed by atoms with Gasteiger partial charge in [-0.25, -0.2) is 0 Å². The summed E-state index contributed by atoms with van der Waals surface area (Å²) in [7, 11) is 0. The van der Waals surface area contributed by atoms with Crippen LogP contribution in [0.25, 0.3) is 0 Å². The maximum atomic E-state index is 11.6. The molecule has 3 heteroatoms. The Kier molecular flexibility index (Phi) is 3.10. The predicted molar refractivity (Wildman–Crippen MR) is 56.1 cm³/mol. The topological polar surface area (TPSA) is 46.5 Å². The van der Waals surface area contributed by atoms with Gasteiger partial charge in [0.2, 0.25) is 0 Å². The third-order valence-electron chi connectivity index (χ3n) is 3.45. The molecule has 0 amide bonds. The molecule has 15 heavy (non-hydrogen) atoms. The Bertz CT molecular complexity index is 272. The van der Waals surface area contributed by atoms with Crippen LogP contribution in [-0.4, -0.2) is 23.8 Å². The van der Waals surface area contributed by atoms with E-state index >= 15 is 0 Å². The van der Waals surface area contributed by atoms with Crippen LogP contribution in [0.15, 0.2) is 12.2 Å². The number of esters is 1. The molecule has 2 rings (SSSR count). The lowest BCUT2D eigenvalue weighted by molar-refractivity contribution is -0.145. The molecule has 0 bridgehead atoms. The number of rotatable bonds is 2.